The third kappa shape index (κ3) is 4.94. The van der Waals surface area contributed by atoms with Crippen molar-refractivity contribution < 1.29 is 18.0 Å². The molecule has 0 fully saturated rings. The average Bonchev–Trinajstić information content (AvgIpc) is 2.47. The van der Waals surface area contributed by atoms with Crippen LogP contribution in [0.1, 0.15) is 30.6 Å². The summed E-state index contributed by atoms with van der Waals surface area (Å²) < 4.78 is 23.9. The first-order valence-corrected chi connectivity index (χ1v) is 9.23. The molecule has 6 nitrogen and oxygen atoms in total. The molecule has 1 aromatic carbocycles. The van der Waals surface area contributed by atoms with Crippen molar-refractivity contribution in [1.29, 1.82) is 0 Å². The first-order chi connectivity index (χ1) is 10.6. The maximum absolute atomic E-state index is 12.1. The number of halogens is 1. The first kappa shape index (κ1) is 19.4. The number of nitrogens with one attached hydrogen (secondary N) is 1. The van der Waals surface area contributed by atoms with Crippen LogP contribution in [0.3, 0.4) is 0 Å². The normalized spacial score (nSPS) is 12.6. The van der Waals surface area contributed by atoms with E-state index in [2.05, 4.69) is 5.32 Å². The van der Waals surface area contributed by atoms with Gasteiger partial charge >= 0.3 is 0 Å². The Bertz CT molecular complexity index is 701. The van der Waals surface area contributed by atoms with Crippen LogP contribution >= 0.6 is 11.6 Å². The Morgan fingerprint density at radius 3 is 2.43 bits per heavy atom. The average molecular weight is 361 g/mol. The molecule has 0 aromatic heterocycles. The van der Waals surface area contributed by atoms with Crippen LogP contribution < -0.4 is 5.32 Å². The highest BCUT2D eigenvalue weighted by Gasteiger charge is 2.27. The summed E-state index contributed by atoms with van der Waals surface area (Å²) in [6.45, 7) is 3.09. The Labute approximate surface area is 141 Å². The van der Waals surface area contributed by atoms with Gasteiger partial charge in [-0.05, 0) is 31.5 Å². The number of carbonyl (C=O) groups is 2. The van der Waals surface area contributed by atoms with E-state index < -0.39 is 21.0 Å². The Morgan fingerprint density at radius 1 is 1.30 bits per heavy atom. The summed E-state index contributed by atoms with van der Waals surface area (Å²) in [5, 5.41) is 1.62. The molecule has 2 amide bonds. The van der Waals surface area contributed by atoms with E-state index in [0.29, 0.717) is 12.1 Å². The van der Waals surface area contributed by atoms with Gasteiger partial charge in [-0.15, -0.1) is 0 Å². The van der Waals surface area contributed by atoms with E-state index in [-0.39, 0.29) is 22.2 Å². The van der Waals surface area contributed by atoms with Crippen LogP contribution in [0, 0.1) is 0 Å². The monoisotopic (exact) mass is 360 g/mol. The standard InChI is InChI=1S/C15H21ClN2O4S/c1-5-8-23(21,22)10(2)14(19)17-11-6-7-13(16)12(9-11)15(20)18(3)4/h6-7,9-10H,5,8H2,1-4H3,(H,17,19). The van der Waals surface area contributed by atoms with E-state index in [4.69, 9.17) is 11.6 Å². The fourth-order valence-corrected chi connectivity index (χ4v) is 3.38. The van der Waals surface area contributed by atoms with Crippen LogP contribution in [0.15, 0.2) is 18.2 Å². The second kappa shape index (κ2) is 7.79. The van der Waals surface area contributed by atoms with E-state index in [1.807, 2.05) is 0 Å². The van der Waals surface area contributed by atoms with Crippen molar-refractivity contribution in [3.63, 3.8) is 0 Å². The fraction of sp³-hybridized carbons (Fsp3) is 0.467. The maximum atomic E-state index is 12.1. The van der Waals surface area contributed by atoms with Gasteiger partial charge < -0.3 is 10.2 Å². The van der Waals surface area contributed by atoms with Gasteiger partial charge in [-0.2, -0.15) is 0 Å². The summed E-state index contributed by atoms with van der Waals surface area (Å²) >= 11 is 5.99. The summed E-state index contributed by atoms with van der Waals surface area (Å²) in [4.78, 5) is 25.5. The van der Waals surface area contributed by atoms with Crippen molar-refractivity contribution in [2.45, 2.75) is 25.5 Å². The molecule has 0 saturated heterocycles. The molecule has 0 saturated carbocycles. The summed E-state index contributed by atoms with van der Waals surface area (Å²) in [5.41, 5.74) is 0.557. The lowest BCUT2D eigenvalue weighted by Gasteiger charge is -2.15. The van der Waals surface area contributed by atoms with Gasteiger partial charge in [-0.3, -0.25) is 9.59 Å². The number of anilines is 1. The van der Waals surface area contributed by atoms with Gasteiger partial charge in [0.2, 0.25) is 5.91 Å². The molecular weight excluding hydrogens is 340 g/mol. The third-order valence-electron chi connectivity index (χ3n) is 3.27. The van der Waals surface area contributed by atoms with Gasteiger partial charge in [0.15, 0.2) is 9.84 Å². The van der Waals surface area contributed by atoms with Crippen LogP contribution in [0.2, 0.25) is 5.02 Å². The minimum absolute atomic E-state index is 0.0490. The largest absolute Gasteiger partial charge is 0.345 e. The molecule has 1 unspecified atom stereocenters. The Hall–Kier alpha value is -1.60. The van der Waals surface area contributed by atoms with Crippen LogP contribution in [-0.4, -0.2) is 50.2 Å². The highest BCUT2D eigenvalue weighted by atomic mass is 35.5. The molecule has 1 N–H and O–H groups in total. The molecule has 0 radical (unpaired) electrons. The smallest absolute Gasteiger partial charge is 0.254 e. The van der Waals surface area contributed by atoms with Crippen molar-refractivity contribution in [3.8, 4) is 0 Å². The molecule has 23 heavy (non-hydrogen) atoms. The van der Waals surface area contributed by atoms with Gasteiger partial charge in [-0.25, -0.2) is 8.42 Å². The zero-order valence-corrected chi connectivity index (χ0v) is 15.2. The van der Waals surface area contributed by atoms with Crippen molar-refractivity contribution in [3.05, 3.63) is 28.8 Å². The van der Waals surface area contributed by atoms with Crippen molar-refractivity contribution in [2.24, 2.45) is 0 Å². The van der Waals surface area contributed by atoms with Crippen LogP contribution in [-0.2, 0) is 14.6 Å². The van der Waals surface area contributed by atoms with E-state index in [1.54, 1.807) is 21.0 Å². The predicted octanol–water partition coefficient (Wildman–Crippen LogP) is 2.19. The number of nitrogens with zero attached hydrogens (tertiary/aromatic N) is 1. The zero-order valence-electron chi connectivity index (χ0n) is 13.6. The first-order valence-electron chi connectivity index (χ1n) is 7.13. The van der Waals surface area contributed by atoms with Gasteiger partial charge in [-0.1, -0.05) is 18.5 Å². The quantitative estimate of drug-likeness (QED) is 0.842. The molecule has 8 heteroatoms. The number of benzene rings is 1. The van der Waals surface area contributed by atoms with Gasteiger partial charge in [0.1, 0.15) is 5.25 Å². The van der Waals surface area contributed by atoms with Crippen LogP contribution in [0.5, 0.6) is 0 Å². The molecule has 0 heterocycles. The number of hydrogen-bond donors (Lipinski definition) is 1. The van der Waals surface area contributed by atoms with E-state index in [1.165, 1.54) is 30.0 Å². The summed E-state index contributed by atoms with van der Waals surface area (Å²) in [7, 11) is -0.318. The predicted molar refractivity (Wildman–Crippen MR) is 91.6 cm³/mol. The summed E-state index contributed by atoms with van der Waals surface area (Å²) in [5.74, 6) is -0.992. The minimum atomic E-state index is -3.49. The lowest BCUT2D eigenvalue weighted by molar-refractivity contribution is -0.115. The van der Waals surface area contributed by atoms with Crippen LogP contribution in [0.25, 0.3) is 0 Å². The fourth-order valence-electron chi connectivity index (χ4n) is 1.88. The minimum Gasteiger partial charge on any atom is -0.345 e. The zero-order chi connectivity index (χ0) is 17.8. The molecule has 1 atom stereocenters. The second-order valence-electron chi connectivity index (χ2n) is 5.39. The Morgan fingerprint density at radius 2 is 1.91 bits per heavy atom. The third-order valence-corrected chi connectivity index (χ3v) is 5.87. The Balaban J connectivity index is 3.00. The topological polar surface area (TPSA) is 83.5 Å². The SMILES string of the molecule is CCCS(=O)(=O)C(C)C(=O)Nc1ccc(Cl)c(C(=O)N(C)C)c1. The molecule has 0 aliphatic carbocycles. The number of amides is 2. The molecule has 1 aromatic rings. The second-order valence-corrected chi connectivity index (χ2v) is 8.24. The van der Waals surface area contributed by atoms with Crippen LogP contribution in [0.4, 0.5) is 5.69 Å². The lowest BCUT2D eigenvalue weighted by atomic mass is 10.1. The molecule has 0 spiro atoms. The van der Waals surface area contributed by atoms with Crippen molar-refractivity contribution in [1.82, 2.24) is 4.90 Å². The van der Waals surface area contributed by atoms with E-state index in [9.17, 15) is 18.0 Å². The number of sulfone groups is 1. The van der Waals surface area contributed by atoms with Gasteiger partial charge in [0.25, 0.3) is 5.91 Å². The highest BCUT2D eigenvalue weighted by molar-refractivity contribution is 7.92. The number of hydrogen-bond acceptors (Lipinski definition) is 4. The van der Waals surface area contributed by atoms with Gasteiger partial charge in [0, 0.05) is 19.8 Å². The molecule has 0 aliphatic heterocycles. The molecular formula is C15H21ClN2O4S. The number of carbonyl (C=O) groups excluding carboxylic acids is 2. The van der Waals surface area contributed by atoms with E-state index >= 15 is 0 Å². The summed E-state index contributed by atoms with van der Waals surface area (Å²) in [6.07, 6.45) is 0.447. The summed E-state index contributed by atoms with van der Waals surface area (Å²) in [6, 6.07) is 4.44. The lowest BCUT2D eigenvalue weighted by Crippen LogP contribution is -2.34. The molecule has 0 aliphatic rings. The Kier molecular flexibility index (Phi) is 6.58. The van der Waals surface area contributed by atoms with Gasteiger partial charge in [0.05, 0.1) is 16.3 Å². The van der Waals surface area contributed by atoms with Crippen molar-refractivity contribution in [2.75, 3.05) is 25.2 Å². The molecule has 0 bridgehead atoms. The number of rotatable bonds is 6. The van der Waals surface area contributed by atoms with Crippen molar-refractivity contribution >= 4 is 38.9 Å². The van der Waals surface area contributed by atoms with E-state index in [0.717, 1.165) is 0 Å². The maximum Gasteiger partial charge on any atom is 0.254 e. The molecule has 1 rings (SSSR count). The molecule has 128 valence electrons. The highest BCUT2D eigenvalue weighted by Crippen LogP contribution is 2.22.